The second-order valence-corrected chi connectivity index (χ2v) is 4.92. The van der Waals surface area contributed by atoms with Gasteiger partial charge in [-0.1, -0.05) is 0 Å². The number of thioether (sulfide) groups is 1. The van der Waals surface area contributed by atoms with Gasteiger partial charge < -0.3 is 0 Å². The summed E-state index contributed by atoms with van der Waals surface area (Å²) in [5.74, 6) is -2.59. The summed E-state index contributed by atoms with van der Waals surface area (Å²) in [5.41, 5.74) is 0. The minimum absolute atomic E-state index is 0.111. The van der Waals surface area contributed by atoms with E-state index in [-0.39, 0.29) is 6.42 Å². The summed E-state index contributed by atoms with van der Waals surface area (Å²) in [4.78, 5) is 0. The van der Waals surface area contributed by atoms with E-state index >= 15 is 0 Å². The minimum Gasteiger partial charge on any atom is -0.196 e. The molecule has 98 valence electrons. The lowest BCUT2D eigenvalue weighted by atomic mass is 10.1. The summed E-state index contributed by atoms with van der Waals surface area (Å²) < 4.78 is 60.0. The van der Waals surface area contributed by atoms with Gasteiger partial charge in [-0.25, -0.2) is 0 Å². The van der Waals surface area contributed by atoms with Crippen LogP contribution < -0.4 is 0 Å². The molecular formula is C9H14ClF5S. The van der Waals surface area contributed by atoms with E-state index in [1.807, 2.05) is 0 Å². The number of hydrogen-bond donors (Lipinski definition) is 0. The van der Waals surface area contributed by atoms with Crippen LogP contribution in [0.15, 0.2) is 0 Å². The molecular weight excluding hydrogens is 271 g/mol. The molecule has 0 bridgehead atoms. The highest BCUT2D eigenvalue weighted by Crippen LogP contribution is 2.39. The lowest BCUT2D eigenvalue weighted by molar-refractivity contribution is -0.284. The summed E-state index contributed by atoms with van der Waals surface area (Å²) in [7, 11) is 0. The highest BCUT2D eigenvalue weighted by molar-refractivity contribution is 7.99. The van der Waals surface area contributed by atoms with Crippen molar-refractivity contribution in [2.75, 3.05) is 17.4 Å². The topological polar surface area (TPSA) is 0 Å². The molecule has 16 heavy (non-hydrogen) atoms. The predicted molar refractivity (Wildman–Crippen MR) is 57.5 cm³/mol. The fourth-order valence-corrected chi connectivity index (χ4v) is 2.20. The zero-order valence-electron chi connectivity index (χ0n) is 8.63. The van der Waals surface area contributed by atoms with Crippen LogP contribution in [0.3, 0.4) is 0 Å². The summed E-state index contributed by atoms with van der Waals surface area (Å²) in [5, 5.41) is 0. The Labute approximate surface area is 101 Å². The SMILES string of the molecule is FC(F)(F)C(F)(F)CCCCSCCCCl. The van der Waals surface area contributed by atoms with Crippen LogP contribution in [0.4, 0.5) is 22.0 Å². The average molecular weight is 285 g/mol. The van der Waals surface area contributed by atoms with Gasteiger partial charge in [0, 0.05) is 12.3 Å². The van der Waals surface area contributed by atoms with Gasteiger partial charge in [0.1, 0.15) is 0 Å². The van der Waals surface area contributed by atoms with Crippen molar-refractivity contribution in [1.29, 1.82) is 0 Å². The molecule has 0 rings (SSSR count). The van der Waals surface area contributed by atoms with Gasteiger partial charge >= 0.3 is 12.1 Å². The summed E-state index contributed by atoms with van der Waals surface area (Å²) in [6.07, 6.45) is -5.45. The van der Waals surface area contributed by atoms with Crippen LogP contribution in [0.2, 0.25) is 0 Å². The molecule has 0 aliphatic carbocycles. The van der Waals surface area contributed by atoms with E-state index in [2.05, 4.69) is 0 Å². The molecule has 0 amide bonds. The maximum Gasteiger partial charge on any atom is 0.453 e. The molecule has 0 aromatic carbocycles. The third-order valence-electron chi connectivity index (χ3n) is 1.87. The van der Waals surface area contributed by atoms with Crippen molar-refractivity contribution < 1.29 is 22.0 Å². The maximum atomic E-state index is 12.4. The third kappa shape index (κ3) is 6.78. The molecule has 0 atom stereocenters. The van der Waals surface area contributed by atoms with E-state index < -0.39 is 18.5 Å². The van der Waals surface area contributed by atoms with Gasteiger partial charge in [-0.3, -0.25) is 0 Å². The summed E-state index contributed by atoms with van der Waals surface area (Å²) in [6.45, 7) is 0. The molecule has 0 saturated heterocycles. The predicted octanol–water partition coefficient (Wildman–Crippen LogP) is 4.72. The quantitative estimate of drug-likeness (QED) is 0.353. The average Bonchev–Trinajstić information content (AvgIpc) is 2.14. The van der Waals surface area contributed by atoms with Crippen LogP contribution in [0.1, 0.15) is 25.7 Å². The number of unbranched alkanes of at least 4 members (excludes halogenated alkanes) is 1. The van der Waals surface area contributed by atoms with Crippen molar-refractivity contribution in [2.24, 2.45) is 0 Å². The molecule has 0 saturated carbocycles. The van der Waals surface area contributed by atoms with E-state index in [1.54, 1.807) is 0 Å². The van der Waals surface area contributed by atoms with Gasteiger partial charge in [-0.05, 0) is 30.8 Å². The molecule has 0 spiro atoms. The van der Waals surface area contributed by atoms with E-state index in [0.29, 0.717) is 18.1 Å². The Morgan fingerprint density at radius 2 is 1.44 bits per heavy atom. The van der Waals surface area contributed by atoms with Crippen molar-refractivity contribution in [2.45, 2.75) is 37.8 Å². The Morgan fingerprint density at radius 1 is 0.875 bits per heavy atom. The first-order chi connectivity index (χ1) is 7.31. The van der Waals surface area contributed by atoms with Crippen molar-refractivity contribution in [3.8, 4) is 0 Å². The van der Waals surface area contributed by atoms with Gasteiger partial charge in [0.05, 0.1) is 0 Å². The van der Waals surface area contributed by atoms with Crippen LogP contribution in [-0.4, -0.2) is 29.5 Å². The fraction of sp³-hybridized carbons (Fsp3) is 1.00. The molecule has 0 nitrogen and oxygen atoms in total. The number of alkyl halides is 6. The molecule has 0 aliphatic heterocycles. The second kappa shape index (κ2) is 7.58. The van der Waals surface area contributed by atoms with E-state index in [4.69, 9.17) is 11.6 Å². The first-order valence-electron chi connectivity index (χ1n) is 4.89. The van der Waals surface area contributed by atoms with Crippen molar-refractivity contribution in [3.63, 3.8) is 0 Å². The van der Waals surface area contributed by atoms with Gasteiger partial charge in [0.2, 0.25) is 0 Å². The van der Waals surface area contributed by atoms with Gasteiger partial charge in [-0.2, -0.15) is 33.7 Å². The zero-order valence-corrected chi connectivity index (χ0v) is 10.2. The number of rotatable bonds is 8. The molecule has 7 heteroatoms. The molecule has 0 fully saturated rings. The highest BCUT2D eigenvalue weighted by Gasteiger charge is 2.56. The van der Waals surface area contributed by atoms with E-state index in [9.17, 15) is 22.0 Å². The Hall–Kier alpha value is 0.290. The van der Waals surface area contributed by atoms with Crippen LogP contribution in [0.5, 0.6) is 0 Å². The standard InChI is InChI=1S/C9H14ClF5S/c10-5-3-7-16-6-2-1-4-8(11,12)9(13,14)15/h1-7H2. The first kappa shape index (κ1) is 16.3. The monoisotopic (exact) mass is 284 g/mol. The van der Waals surface area contributed by atoms with Crippen LogP contribution in [-0.2, 0) is 0 Å². The van der Waals surface area contributed by atoms with Crippen LogP contribution in [0, 0.1) is 0 Å². The molecule has 0 aromatic rings. The molecule has 0 aliphatic rings. The summed E-state index contributed by atoms with van der Waals surface area (Å²) in [6, 6.07) is 0. The lowest BCUT2D eigenvalue weighted by Crippen LogP contribution is -2.36. The van der Waals surface area contributed by atoms with Gasteiger partial charge in [0.25, 0.3) is 0 Å². The fourth-order valence-electron chi connectivity index (χ4n) is 0.952. The molecule has 0 radical (unpaired) electrons. The van der Waals surface area contributed by atoms with Gasteiger partial charge in [-0.15, -0.1) is 11.6 Å². The largest absolute Gasteiger partial charge is 0.453 e. The Balaban J connectivity index is 3.51. The molecule has 0 N–H and O–H groups in total. The normalized spacial score (nSPS) is 13.1. The van der Waals surface area contributed by atoms with Crippen LogP contribution in [0.25, 0.3) is 0 Å². The second-order valence-electron chi connectivity index (χ2n) is 3.31. The van der Waals surface area contributed by atoms with Crippen molar-refractivity contribution >= 4 is 23.4 Å². The molecule has 0 unspecified atom stereocenters. The highest BCUT2D eigenvalue weighted by atomic mass is 35.5. The third-order valence-corrected chi connectivity index (χ3v) is 3.29. The molecule has 0 aromatic heterocycles. The van der Waals surface area contributed by atoms with Crippen molar-refractivity contribution in [3.05, 3.63) is 0 Å². The number of halogens is 6. The Kier molecular flexibility index (Phi) is 7.72. The molecule has 0 heterocycles. The summed E-state index contributed by atoms with van der Waals surface area (Å²) >= 11 is 6.94. The zero-order chi connectivity index (χ0) is 12.7. The maximum absolute atomic E-state index is 12.4. The first-order valence-corrected chi connectivity index (χ1v) is 6.58. The Bertz CT molecular complexity index is 183. The Morgan fingerprint density at radius 3 is 1.94 bits per heavy atom. The van der Waals surface area contributed by atoms with Gasteiger partial charge in [0.15, 0.2) is 0 Å². The van der Waals surface area contributed by atoms with Crippen LogP contribution >= 0.6 is 23.4 Å². The van der Waals surface area contributed by atoms with E-state index in [1.165, 1.54) is 11.8 Å². The lowest BCUT2D eigenvalue weighted by Gasteiger charge is -2.19. The van der Waals surface area contributed by atoms with E-state index in [0.717, 1.165) is 12.2 Å². The number of hydrogen-bond acceptors (Lipinski definition) is 1. The minimum atomic E-state index is -5.42. The smallest absolute Gasteiger partial charge is 0.196 e. The van der Waals surface area contributed by atoms with Crippen molar-refractivity contribution in [1.82, 2.24) is 0 Å².